The molecule has 0 aliphatic carbocycles. The van der Waals surface area contributed by atoms with Gasteiger partial charge in [0.15, 0.2) is 5.78 Å². The molecule has 1 heterocycles. The van der Waals surface area contributed by atoms with Crippen molar-refractivity contribution in [2.75, 3.05) is 0 Å². The van der Waals surface area contributed by atoms with E-state index in [0.717, 1.165) is 28.3 Å². The van der Waals surface area contributed by atoms with E-state index in [4.69, 9.17) is 11.6 Å². The second-order valence-corrected chi connectivity index (χ2v) is 6.65. The van der Waals surface area contributed by atoms with Gasteiger partial charge < -0.3 is 5.32 Å². The van der Waals surface area contributed by atoms with E-state index in [1.807, 2.05) is 48.5 Å². The zero-order chi connectivity index (χ0) is 15.7. The van der Waals surface area contributed by atoms with Crippen molar-refractivity contribution in [3.8, 4) is 0 Å². The molecule has 22 heavy (non-hydrogen) atoms. The van der Waals surface area contributed by atoms with Crippen molar-refractivity contribution in [1.82, 2.24) is 5.32 Å². The lowest BCUT2D eigenvalue weighted by atomic mass is 9.85. The minimum absolute atomic E-state index is 0.00766. The molecule has 3 heteroatoms. The van der Waals surface area contributed by atoms with Crippen LogP contribution in [0.4, 0.5) is 0 Å². The number of carbonyl (C=O) groups is 1. The molecular weight excluding hydrogens is 294 g/mol. The number of carbonyl (C=O) groups excluding carboxylic acids is 1. The van der Waals surface area contributed by atoms with E-state index in [1.165, 1.54) is 0 Å². The van der Waals surface area contributed by atoms with Crippen LogP contribution >= 0.6 is 11.6 Å². The fourth-order valence-electron chi connectivity index (χ4n) is 2.84. The van der Waals surface area contributed by atoms with E-state index < -0.39 is 0 Å². The molecule has 2 aromatic carbocycles. The standard InChI is InChI=1S/C19H18ClNO/c1-19(2)12-15-14(9-6-10-16(15)20)17(21-19)11-18(22)13-7-4-3-5-8-13/h3-11,21H,12H2,1-2H3. The molecule has 0 spiro atoms. The molecule has 0 saturated carbocycles. The van der Waals surface area contributed by atoms with Gasteiger partial charge in [0.25, 0.3) is 0 Å². The Morgan fingerprint density at radius 1 is 1.14 bits per heavy atom. The van der Waals surface area contributed by atoms with Gasteiger partial charge in [-0.3, -0.25) is 4.79 Å². The van der Waals surface area contributed by atoms with Crippen LogP contribution in [0.25, 0.3) is 5.70 Å². The van der Waals surface area contributed by atoms with Crippen LogP contribution in [0.2, 0.25) is 5.02 Å². The summed E-state index contributed by atoms with van der Waals surface area (Å²) in [5, 5.41) is 4.21. The van der Waals surface area contributed by atoms with Crippen LogP contribution in [0, 0.1) is 0 Å². The van der Waals surface area contributed by atoms with Crippen molar-refractivity contribution in [3.05, 3.63) is 76.3 Å². The van der Waals surface area contributed by atoms with Crippen LogP contribution < -0.4 is 5.32 Å². The lowest BCUT2D eigenvalue weighted by molar-refractivity contribution is 0.104. The summed E-state index contributed by atoms with van der Waals surface area (Å²) >= 11 is 6.35. The molecule has 1 aliphatic heterocycles. The SMILES string of the molecule is CC1(C)Cc2c(Cl)cccc2C(=CC(=O)c2ccccc2)N1. The van der Waals surface area contributed by atoms with E-state index in [9.17, 15) is 4.79 Å². The average Bonchev–Trinajstić information content (AvgIpc) is 2.48. The molecular formula is C19H18ClNO. The van der Waals surface area contributed by atoms with E-state index >= 15 is 0 Å². The zero-order valence-electron chi connectivity index (χ0n) is 12.7. The summed E-state index contributed by atoms with van der Waals surface area (Å²) in [5.74, 6) is -0.00766. The van der Waals surface area contributed by atoms with Crippen LogP contribution in [0.5, 0.6) is 0 Å². The first-order valence-electron chi connectivity index (χ1n) is 7.33. The van der Waals surface area contributed by atoms with E-state index in [0.29, 0.717) is 5.56 Å². The second kappa shape index (κ2) is 5.62. The molecule has 2 aromatic rings. The van der Waals surface area contributed by atoms with Gasteiger partial charge in [0.2, 0.25) is 0 Å². The first kappa shape index (κ1) is 14.9. The average molecular weight is 312 g/mol. The van der Waals surface area contributed by atoms with Crippen LogP contribution in [0.3, 0.4) is 0 Å². The molecule has 0 radical (unpaired) electrons. The van der Waals surface area contributed by atoms with Gasteiger partial charge >= 0.3 is 0 Å². The molecule has 0 aromatic heterocycles. The third kappa shape index (κ3) is 2.93. The number of hydrogen-bond acceptors (Lipinski definition) is 2. The lowest BCUT2D eigenvalue weighted by Crippen LogP contribution is -2.44. The number of halogens is 1. The summed E-state index contributed by atoms with van der Waals surface area (Å²) in [7, 11) is 0. The number of hydrogen-bond donors (Lipinski definition) is 1. The van der Waals surface area contributed by atoms with Crippen LogP contribution in [-0.2, 0) is 6.42 Å². The molecule has 0 atom stereocenters. The maximum atomic E-state index is 12.5. The molecule has 3 rings (SSSR count). The summed E-state index contributed by atoms with van der Waals surface area (Å²) in [6.07, 6.45) is 2.50. The summed E-state index contributed by atoms with van der Waals surface area (Å²) in [6.45, 7) is 4.22. The van der Waals surface area contributed by atoms with E-state index in [1.54, 1.807) is 6.08 Å². The predicted octanol–water partition coefficient (Wildman–Crippen LogP) is 4.49. The van der Waals surface area contributed by atoms with Gasteiger partial charge in [0, 0.05) is 33.5 Å². The molecule has 2 nitrogen and oxygen atoms in total. The van der Waals surface area contributed by atoms with Crippen molar-refractivity contribution in [3.63, 3.8) is 0 Å². The molecule has 0 amide bonds. The summed E-state index contributed by atoms with van der Waals surface area (Å²) in [6, 6.07) is 15.1. The van der Waals surface area contributed by atoms with Crippen LogP contribution in [-0.4, -0.2) is 11.3 Å². The van der Waals surface area contributed by atoms with Crippen LogP contribution in [0.15, 0.2) is 54.6 Å². The zero-order valence-corrected chi connectivity index (χ0v) is 13.4. The summed E-state index contributed by atoms with van der Waals surface area (Å²) in [4.78, 5) is 12.5. The fraction of sp³-hybridized carbons (Fsp3) is 0.211. The highest BCUT2D eigenvalue weighted by Gasteiger charge is 2.29. The molecule has 0 unspecified atom stereocenters. The van der Waals surface area contributed by atoms with Gasteiger partial charge in [-0.05, 0) is 31.9 Å². The lowest BCUT2D eigenvalue weighted by Gasteiger charge is -2.36. The van der Waals surface area contributed by atoms with Crippen molar-refractivity contribution in [2.45, 2.75) is 25.8 Å². The Morgan fingerprint density at radius 3 is 2.59 bits per heavy atom. The number of benzene rings is 2. The molecule has 0 saturated heterocycles. The maximum absolute atomic E-state index is 12.5. The highest BCUT2D eigenvalue weighted by Crippen LogP contribution is 2.34. The monoisotopic (exact) mass is 311 g/mol. The van der Waals surface area contributed by atoms with Crippen LogP contribution in [0.1, 0.15) is 35.3 Å². The normalized spacial score (nSPS) is 17.7. The number of fused-ring (bicyclic) bond motifs is 1. The topological polar surface area (TPSA) is 29.1 Å². The molecule has 112 valence electrons. The first-order valence-corrected chi connectivity index (χ1v) is 7.71. The number of allylic oxidation sites excluding steroid dienone is 1. The Bertz CT molecular complexity index is 747. The third-order valence-electron chi connectivity index (χ3n) is 3.83. The molecule has 1 aliphatic rings. The maximum Gasteiger partial charge on any atom is 0.187 e. The number of nitrogens with one attached hydrogen (secondary N) is 1. The van der Waals surface area contributed by atoms with E-state index in [-0.39, 0.29) is 11.3 Å². The van der Waals surface area contributed by atoms with Crippen molar-refractivity contribution in [1.29, 1.82) is 0 Å². The first-order chi connectivity index (χ1) is 10.5. The van der Waals surface area contributed by atoms with Gasteiger partial charge in [0.1, 0.15) is 0 Å². The highest BCUT2D eigenvalue weighted by atomic mass is 35.5. The Balaban J connectivity index is 2.06. The Labute approximate surface area is 135 Å². The van der Waals surface area contributed by atoms with Gasteiger partial charge in [-0.15, -0.1) is 0 Å². The van der Waals surface area contributed by atoms with Crippen molar-refractivity contribution >= 4 is 23.1 Å². The smallest absolute Gasteiger partial charge is 0.187 e. The van der Waals surface area contributed by atoms with E-state index in [2.05, 4.69) is 19.2 Å². The predicted molar refractivity (Wildman–Crippen MR) is 91.1 cm³/mol. The Hall–Kier alpha value is -2.06. The third-order valence-corrected chi connectivity index (χ3v) is 4.19. The fourth-order valence-corrected chi connectivity index (χ4v) is 3.08. The second-order valence-electron chi connectivity index (χ2n) is 6.24. The van der Waals surface area contributed by atoms with Gasteiger partial charge in [-0.1, -0.05) is 54.1 Å². The minimum atomic E-state index is -0.138. The van der Waals surface area contributed by atoms with Gasteiger partial charge in [0.05, 0.1) is 0 Å². The highest BCUT2D eigenvalue weighted by molar-refractivity contribution is 6.31. The van der Waals surface area contributed by atoms with Gasteiger partial charge in [-0.2, -0.15) is 0 Å². The summed E-state index contributed by atoms with van der Waals surface area (Å²) in [5.41, 5.74) is 3.49. The Morgan fingerprint density at radius 2 is 1.86 bits per heavy atom. The largest absolute Gasteiger partial charge is 0.379 e. The summed E-state index contributed by atoms with van der Waals surface area (Å²) < 4.78 is 0. The molecule has 1 N–H and O–H groups in total. The Kier molecular flexibility index (Phi) is 3.79. The molecule has 0 fully saturated rings. The number of ketones is 1. The van der Waals surface area contributed by atoms with Gasteiger partial charge in [-0.25, -0.2) is 0 Å². The minimum Gasteiger partial charge on any atom is -0.379 e. The molecule has 0 bridgehead atoms. The number of rotatable bonds is 2. The van der Waals surface area contributed by atoms with Crippen molar-refractivity contribution in [2.24, 2.45) is 0 Å². The quantitative estimate of drug-likeness (QED) is 0.654. The van der Waals surface area contributed by atoms with Crippen molar-refractivity contribution < 1.29 is 4.79 Å².